The molecule has 0 radical (unpaired) electrons. The maximum absolute atomic E-state index is 5.79. The van der Waals surface area contributed by atoms with Crippen LogP contribution in [0.1, 0.15) is 25.5 Å². The molecule has 0 amide bonds. The van der Waals surface area contributed by atoms with E-state index in [0.717, 1.165) is 17.3 Å². The summed E-state index contributed by atoms with van der Waals surface area (Å²) in [6, 6.07) is 4.47. The first-order chi connectivity index (χ1) is 6.66. The summed E-state index contributed by atoms with van der Waals surface area (Å²) in [7, 11) is 0. The van der Waals surface area contributed by atoms with Crippen LogP contribution in [0.25, 0.3) is 0 Å². The second kappa shape index (κ2) is 3.77. The monoisotopic (exact) mass is 210 g/mol. The number of anilines is 1. The van der Waals surface area contributed by atoms with Gasteiger partial charge in [0.2, 0.25) is 0 Å². The molecular formula is C11H15ClN2. The smallest absolute Gasteiger partial charge is 0.129 e. The van der Waals surface area contributed by atoms with Gasteiger partial charge in [-0.25, -0.2) is 4.98 Å². The summed E-state index contributed by atoms with van der Waals surface area (Å²) in [6.07, 6.45) is 2.60. The molecule has 1 saturated carbocycles. The molecule has 2 unspecified atom stereocenters. The number of aryl methyl sites for hydroxylation is 1. The number of hydrogen-bond acceptors (Lipinski definition) is 2. The lowest BCUT2D eigenvalue weighted by molar-refractivity contribution is 0.303. The van der Waals surface area contributed by atoms with E-state index < -0.39 is 0 Å². The van der Waals surface area contributed by atoms with E-state index in [-0.39, 0.29) is 0 Å². The molecule has 1 heterocycles. The maximum atomic E-state index is 5.79. The van der Waals surface area contributed by atoms with Crippen LogP contribution in [-0.2, 0) is 0 Å². The van der Waals surface area contributed by atoms with Gasteiger partial charge in [0.05, 0.1) is 11.4 Å². The van der Waals surface area contributed by atoms with Crippen LogP contribution in [0.15, 0.2) is 12.1 Å². The molecule has 1 aromatic rings. The summed E-state index contributed by atoms with van der Waals surface area (Å²) in [5.41, 5.74) is 2.10. The minimum atomic E-state index is 0.565. The van der Waals surface area contributed by atoms with E-state index in [0.29, 0.717) is 11.2 Å². The van der Waals surface area contributed by atoms with Crippen LogP contribution in [0.2, 0.25) is 5.15 Å². The molecule has 1 fully saturated rings. The SMILES string of the molecule is Cc1nc(Cl)ccc1NC1CCC1C. The number of hydrogen-bond donors (Lipinski definition) is 1. The molecule has 3 heteroatoms. The highest BCUT2D eigenvalue weighted by molar-refractivity contribution is 6.29. The number of halogens is 1. The molecule has 0 spiro atoms. The summed E-state index contributed by atoms with van der Waals surface area (Å²) >= 11 is 5.79. The van der Waals surface area contributed by atoms with Crippen LogP contribution >= 0.6 is 11.6 Å². The lowest BCUT2D eigenvalue weighted by Gasteiger charge is -2.35. The molecule has 1 N–H and O–H groups in total. The minimum absolute atomic E-state index is 0.565. The highest BCUT2D eigenvalue weighted by Gasteiger charge is 2.26. The highest BCUT2D eigenvalue weighted by atomic mass is 35.5. The molecule has 2 atom stereocenters. The van der Waals surface area contributed by atoms with Crippen molar-refractivity contribution < 1.29 is 0 Å². The first-order valence-electron chi connectivity index (χ1n) is 5.06. The molecule has 0 aliphatic heterocycles. The zero-order valence-electron chi connectivity index (χ0n) is 8.55. The molecule has 1 aliphatic rings. The van der Waals surface area contributed by atoms with Crippen molar-refractivity contribution in [2.45, 2.75) is 32.7 Å². The average molecular weight is 211 g/mol. The van der Waals surface area contributed by atoms with Gasteiger partial charge in [0.15, 0.2) is 0 Å². The molecule has 0 saturated heterocycles. The number of aromatic nitrogens is 1. The van der Waals surface area contributed by atoms with E-state index in [1.54, 1.807) is 0 Å². The fraction of sp³-hybridized carbons (Fsp3) is 0.545. The predicted octanol–water partition coefficient (Wildman–Crippen LogP) is 3.25. The van der Waals surface area contributed by atoms with Gasteiger partial charge in [-0.15, -0.1) is 0 Å². The highest BCUT2D eigenvalue weighted by Crippen LogP contribution is 2.30. The Balaban J connectivity index is 2.09. The third-order valence-electron chi connectivity index (χ3n) is 3.01. The van der Waals surface area contributed by atoms with Crippen LogP contribution in [0.5, 0.6) is 0 Å². The van der Waals surface area contributed by atoms with E-state index in [4.69, 9.17) is 11.6 Å². The van der Waals surface area contributed by atoms with E-state index >= 15 is 0 Å². The van der Waals surface area contributed by atoms with E-state index in [1.807, 2.05) is 19.1 Å². The Kier molecular flexibility index (Phi) is 2.64. The summed E-state index contributed by atoms with van der Waals surface area (Å²) in [5, 5.41) is 4.07. The van der Waals surface area contributed by atoms with Crippen molar-refractivity contribution in [1.29, 1.82) is 0 Å². The van der Waals surface area contributed by atoms with Gasteiger partial charge in [-0.2, -0.15) is 0 Å². The van der Waals surface area contributed by atoms with Gasteiger partial charge in [-0.05, 0) is 37.8 Å². The van der Waals surface area contributed by atoms with E-state index in [2.05, 4.69) is 17.2 Å². The van der Waals surface area contributed by atoms with Crippen LogP contribution in [0.4, 0.5) is 5.69 Å². The molecule has 1 aliphatic carbocycles. The van der Waals surface area contributed by atoms with Gasteiger partial charge in [0.1, 0.15) is 5.15 Å². The van der Waals surface area contributed by atoms with Crippen LogP contribution in [-0.4, -0.2) is 11.0 Å². The van der Waals surface area contributed by atoms with Crippen molar-refractivity contribution in [3.05, 3.63) is 23.0 Å². The number of rotatable bonds is 2. The lowest BCUT2D eigenvalue weighted by Crippen LogP contribution is -2.36. The Morgan fingerprint density at radius 3 is 2.71 bits per heavy atom. The third-order valence-corrected chi connectivity index (χ3v) is 3.22. The fourth-order valence-corrected chi connectivity index (χ4v) is 1.95. The van der Waals surface area contributed by atoms with Gasteiger partial charge in [-0.1, -0.05) is 18.5 Å². The van der Waals surface area contributed by atoms with Gasteiger partial charge < -0.3 is 5.32 Å². The zero-order chi connectivity index (χ0) is 10.1. The van der Waals surface area contributed by atoms with Crippen molar-refractivity contribution in [3.63, 3.8) is 0 Å². The van der Waals surface area contributed by atoms with Gasteiger partial charge >= 0.3 is 0 Å². The zero-order valence-corrected chi connectivity index (χ0v) is 9.30. The topological polar surface area (TPSA) is 24.9 Å². The lowest BCUT2D eigenvalue weighted by atomic mass is 9.81. The van der Waals surface area contributed by atoms with E-state index in [9.17, 15) is 0 Å². The molecule has 2 rings (SSSR count). The molecule has 1 aromatic heterocycles. The normalized spacial score (nSPS) is 25.6. The van der Waals surface area contributed by atoms with Crippen molar-refractivity contribution in [3.8, 4) is 0 Å². The summed E-state index contributed by atoms with van der Waals surface area (Å²) < 4.78 is 0. The molecular weight excluding hydrogens is 196 g/mol. The van der Waals surface area contributed by atoms with Crippen LogP contribution in [0.3, 0.4) is 0 Å². The first-order valence-corrected chi connectivity index (χ1v) is 5.44. The molecule has 0 bridgehead atoms. The van der Waals surface area contributed by atoms with Crippen molar-refractivity contribution in [2.24, 2.45) is 5.92 Å². The Morgan fingerprint density at radius 1 is 1.43 bits per heavy atom. The Labute approximate surface area is 89.7 Å². The van der Waals surface area contributed by atoms with Crippen molar-refractivity contribution in [1.82, 2.24) is 4.98 Å². The Bertz CT molecular complexity index is 338. The largest absolute Gasteiger partial charge is 0.381 e. The summed E-state index contributed by atoms with van der Waals surface area (Å²) in [6.45, 7) is 4.26. The van der Waals surface area contributed by atoms with Gasteiger partial charge in [0, 0.05) is 6.04 Å². The molecule has 2 nitrogen and oxygen atoms in total. The maximum Gasteiger partial charge on any atom is 0.129 e. The molecule has 0 aromatic carbocycles. The average Bonchev–Trinajstić information content (AvgIpc) is 2.14. The Morgan fingerprint density at radius 2 is 2.21 bits per heavy atom. The quantitative estimate of drug-likeness (QED) is 0.758. The number of nitrogens with zero attached hydrogens (tertiary/aromatic N) is 1. The first kappa shape index (κ1) is 9.78. The van der Waals surface area contributed by atoms with Crippen molar-refractivity contribution in [2.75, 3.05) is 5.32 Å². The summed E-state index contributed by atoms with van der Waals surface area (Å²) in [5.74, 6) is 0.782. The third kappa shape index (κ3) is 1.85. The second-order valence-corrected chi connectivity index (χ2v) is 4.46. The number of pyridine rings is 1. The minimum Gasteiger partial charge on any atom is -0.381 e. The van der Waals surface area contributed by atoms with Crippen LogP contribution < -0.4 is 5.32 Å². The second-order valence-electron chi connectivity index (χ2n) is 4.07. The number of nitrogens with one attached hydrogen (secondary N) is 1. The van der Waals surface area contributed by atoms with Crippen molar-refractivity contribution >= 4 is 17.3 Å². The standard InChI is InChI=1S/C11H15ClN2/c1-7-3-4-9(7)14-10-5-6-11(12)13-8(10)2/h5-7,9,14H,3-4H2,1-2H3. The van der Waals surface area contributed by atoms with Gasteiger partial charge in [0.25, 0.3) is 0 Å². The predicted molar refractivity (Wildman–Crippen MR) is 59.8 cm³/mol. The van der Waals surface area contributed by atoms with Gasteiger partial charge in [-0.3, -0.25) is 0 Å². The van der Waals surface area contributed by atoms with E-state index in [1.165, 1.54) is 12.8 Å². The summed E-state index contributed by atoms with van der Waals surface area (Å²) in [4.78, 5) is 4.21. The van der Waals surface area contributed by atoms with Crippen LogP contribution in [0, 0.1) is 12.8 Å². The Hall–Kier alpha value is -0.760. The fourth-order valence-electron chi connectivity index (χ4n) is 1.76. The molecule has 76 valence electrons. The molecule has 14 heavy (non-hydrogen) atoms.